The number of carbonyl (C=O) groups excluding carboxylic acids is 1. The van der Waals surface area contributed by atoms with E-state index in [1.54, 1.807) is 13.1 Å². The average Bonchev–Trinajstić information content (AvgIpc) is 3.27. The van der Waals surface area contributed by atoms with Gasteiger partial charge < -0.3 is 14.1 Å². The molecule has 0 unspecified atom stereocenters. The molecule has 2 atom stereocenters. The fourth-order valence-electron chi connectivity index (χ4n) is 4.11. The van der Waals surface area contributed by atoms with Crippen LogP contribution in [-0.4, -0.2) is 40.5 Å². The molecule has 0 N–H and O–H groups in total. The summed E-state index contributed by atoms with van der Waals surface area (Å²) in [4.78, 5) is 22.9. The number of amides is 1. The van der Waals surface area contributed by atoms with Gasteiger partial charge in [-0.15, -0.1) is 0 Å². The minimum absolute atomic E-state index is 0.0289. The molecule has 24 heavy (non-hydrogen) atoms. The number of nitrogens with zero attached hydrogens (tertiary/aromatic N) is 3. The molecule has 2 fully saturated rings. The monoisotopic (exact) mass is 327 g/mol. The fourth-order valence-corrected chi connectivity index (χ4v) is 4.11. The lowest BCUT2D eigenvalue weighted by molar-refractivity contribution is 0.0713. The SMILES string of the molecule is Cc1ncoc1C(=O)N1C[C@@H]2CCC[C@]2(COc2ccccn2)C1. The van der Waals surface area contributed by atoms with Gasteiger partial charge in [0.05, 0.1) is 12.3 Å². The Labute approximate surface area is 140 Å². The van der Waals surface area contributed by atoms with Crippen molar-refractivity contribution in [3.05, 3.63) is 42.2 Å². The molecule has 4 rings (SSSR count). The molecule has 0 spiro atoms. The van der Waals surface area contributed by atoms with Gasteiger partial charge in [-0.3, -0.25) is 4.79 Å². The first kappa shape index (κ1) is 15.2. The largest absolute Gasteiger partial charge is 0.477 e. The lowest BCUT2D eigenvalue weighted by Crippen LogP contribution is -2.35. The van der Waals surface area contributed by atoms with Gasteiger partial charge in [-0.25, -0.2) is 9.97 Å². The van der Waals surface area contributed by atoms with Gasteiger partial charge in [-0.1, -0.05) is 12.5 Å². The van der Waals surface area contributed by atoms with Crippen LogP contribution in [-0.2, 0) is 0 Å². The van der Waals surface area contributed by atoms with E-state index in [2.05, 4.69) is 9.97 Å². The first-order valence-electron chi connectivity index (χ1n) is 8.41. The van der Waals surface area contributed by atoms with Gasteiger partial charge in [0, 0.05) is 30.8 Å². The number of carbonyl (C=O) groups is 1. The lowest BCUT2D eigenvalue weighted by atomic mass is 9.81. The normalized spacial score (nSPS) is 25.7. The second kappa shape index (κ2) is 5.92. The molecule has 126 valence electrons. The Morgan fingerprint density at radius 1 is 1.46 bits per heavy atom. The number of fused-ring (bicyclic) bond motifs is 1. The van der Waals surface area contributed by atoms with Crippen LogP contribution in [0.5, 0.6) is 5.88 Å². The number of pyridine rings is 1. The van der Waals surface area contributed by atoms with Gasteiger partial charge in [0.2, 0.25) is 11.6 Å². The minimum Gasteiger partial charge on any atom is -0.477 e. The molecule has 0 bridgehead atoms. The molecule has 6 nitrogen and oxygen atoms in total. The van der Waals surface area contributed by atoms with E-state index in [-0.39, 0.29) is 11.3 Å². The average molecular weight is 327 g/mol. The van der Waals surface area contributed by atoms with E-state index in [1.807, 2.05) is 23.1 Å². The molecular formula is C18H21N3O3. The lowest BCUT2D eigenvalue weighted by Gasteiger charge is -2.28. The number of likely N-dealkylation sites (tertiary alicyclic amines) is 1. The highest BCUT2D eigenvalue weighted by molar-refractivity contribution is 5.92. The molecule has 2 aromatic heterocycles. The van der Waals surface area contributed by atoms with E-state index in [0.29, 0.717) is 36.4 Å². The highest BCUT2D eigenvalue weighted by atomic mass is 16.5. The highest BCUT2D eigenvalue weighted by Gasteiger charge is 2.51. The van der Waals surface area contributed by atoms with Crippen LogP contribution in [0.15, 0.2) is 35.2 Å². The third kappa shape index (κ3) is 2.56. The maximum atomic E-state index is 12.7. The Hall–Kier alpha value is -2.37. The molecule has 2 aromatic rings. The van der Waals surface area contributed by atoms with E-state index in [9.17, 15) is 4.79 Å². The van der Waals surface area contributed by atoms with Crippen LogP contribution >= 0.6 is 0 Å². The second-order valence-corrected chi connectivity index (χ2v) is 6.86. The van der Waals surface area contributed by atoms with Gasteiger partial charge in [-0.2, -0.15) is 0 Å². The molecule has 0 aromatic carbocycles. The molecule has 3 heterocycles. The quantitative estimate of drug-likeness (QED) is 0.863. The van der Waals surface area contributed by atoms with Crippen molar-refractivity contribution in [2.24, 2.45) is 11.3 Å². The molecule has 1 amide bonds. The summed E-state index contributed by atoms with van der Waals surface area (Å²) in [7, 11) is 0. The van der Waals surface area contributed by atoms with Crippen LogP contribution in [0, 0.1) is 18.3 Å². The summed E-state index contributed by atoms with van der Waals surface area (Å²) in [5.74, 6) is 1.43. The number of oxazole rings is 1. The van der Waals surface area contributed by atoms with E-state index >= 15 is 0 Å². The smallest absolute Gasteiger partial charge is 0.291 e. The Kier molecular flexibility index (Phi) is 3.75. The number of ether oxygens (including phenoxy) is 1. The van der Waals surface area contributed by atoms with Gasteiger partial charge >= 0.3 is 0 Å². The predicted molar refractivity (Wildman–Crippen MR) is 86.6 cm³/mol. The highest BCUT2D eigenvalue weighted by Crippen LogP contribution is 2.49. The summed E-state index contributed by atoms with van der Waals surface area (Å²) in [6.45, 7) is 3.88. The summed E-state index contributed by atoms with van der Waals surface area (Å²) in [5, 5.41) is 0. The molecule has 2 aliphatic rings. The van der Waals surface area contributed by atoms with E-state index in [4.69, 9.17) is 9.15 Å². The number of hydrogen-bond donors (Lipinski definition) is 0. The topological polar surface area (TPSA) is 68.5 Å². The number of hydrogen-bond acceptors (Lipinski definition) is 5. The van der Waals surface area contributed by atoms with Crippen molar-refractivity contribution in [3.8, 4) is 5.88 Å². The molecule has 1 aliphatic carbocycles. The molecule has 6 heteroatoms. The summed E-state index contributed by atoms with van der Waals surface area (Å²) < 4.78 is 11.2. The van der Waals surface area contributed by atoms with Crippen molar-refractivity contribution in [1.82, 2.24) is 14.9 Å². The summed E-state index contributed by atoms with van der Waals surface area (Å²) in [6, 6.07) is 5.67. The Bertz CT molecular complexity index is 730. The Balaban J connectivity index is 1.49. The zero-order valence-electron chi connectivity index (χ0n) is 13.8. The zero-order valence-corrected chi connectivity index (χ0v) is 13.8. The van der Waals surface area contributed by atoms with Crippen LogP contribution in [0.1, 0.15) is 35.5 Å². The van der Waals surface area contributed by atoms with Crippen LogP contribution in [0.25, 0.3) is 0 Å². The number of aryl methyl sites for hydroxylation is 1. The van der Waals surface area contributed by atoms with E-state index < -0.39 is 0 Å². The summed E-state index contributed by atoms with van der Waals surface area (Å²) in [6.07, 6.45) is 6.49. The maximum Gasteiger partial charge on any atom is 0.291 e. The molecule has 1 saturated heterocycles. The summed E-state index contributed by atoms with van der Waals surface area (Å²) in [5.41, 5.74) is 0.678. The van der Waals surface area contributed by atoms with Crippen molar-refractivity contribution < 1.29 is 13.9 Å². The van der Waals surface area contributed by atoms with Crippen LogP contribution < -0.4 is 4.74 Å². The van der Waals surface area contributed by atoms with E-state index in [0.717, 1.165) is 19.4 Å². The molecular weight excluding hydrogens is 306 g/mol. The third-order valence-electron chi connectivity index (χ3n) is 5.41. The van der Waals surface area contributed by atoms with Crippen molar-refractivity contribution in [2.75, 3.05) is 19.7 Å². The van der Waals surface area contributed by atoms with Crippen LogP contribution in [0.2, 0.25) is 0 Å². The standard InChI is InChI=1S/C18H21N3O3/c1-13-16(24-12-20-13)17(22)21-9-14-5-4-7-18(14,10-21)11-23-15-6-2-3-8-19-15/h2-3,6,8,12,14H,4-5,7,9-11H2,1H3/t14-,18+/m0/s1. The van der Waals surface area contributed by atoms with Gasteiger partial charge in [0.25, 0.3) is 5.91 Å². The van der Waals surface area contributed by atoms with Crippen molar-refractivity contribution in [3.63, 3.8) is 0 Å². The first-order chi connectivity index (χ1) is 11.7. The molecule has 1 saturated carbocycles. The zero-order chi connectivity index (χ0) is 16.6. The van der Waals surface area contributed by atoms with Crippen LogP contribution in [0.4, 0.5) is 0 Å². The van der Waals surface area contributed by atoms with Gasteiger partial charge in [0.15, 0.2) is 6.39 Å². The minimum atomic E-state index is -0.0587. The van der Waals surface area contributed by atoms with Crippen LogP contribution in [0.3, 0.4) is 0 Å². The second-order valence-electron chi connectivity index (χ2n) is 6.86. The van der Waals surface area contributed by atoms with E-state index in [1.165, 1.54) is 12.8 Å². The fraction of sp³-hybridized carbons (Fsp3) is 0.500. The first-order valence-corrected chi connectivity index (χ1v) is 8.41. The van der Waals surface area contributed by atoms with Crippen molar-refractivity contribution >= 4 is 5.91 Å². The van der Waals surface area contributed by atoms with Gasteiger partial charge in [-0.05, 0) is 31.7 Å². The maximum absolute atomic E-state index is 12.7. The Morgan fingerprint density at radius 3 is 3.12 bits per heavy atom. The number of rotatable bonds is 4. The Morgan fingerprint density at radius 2 is 2.38 bits per heavy atom. The van der Waals surface area contributed by atoms with Gasteiger partial charge in [0.1, 0.15) is 0 Å². The summed E-state index contributed by atoms with van der Waals surface area (Å²) >= 11 is 0. The molecule has 1 aliphatic heterocycles. The third-order valence-corrected chi connectivity index (χ3v) is 5.41. The van der Waals surface area contributed by atoms with Crippen molar-refractivity contribution in [2.45, 2.75) is 26.2 Å². The predicted octanol–water partition coefficient (Wildman–Crippen LogP) is 2.70. The number of aromatic nitrogens is 2. The van der Waals surface area contributed by atoms with Crippen molar-refractivity contribution in [1.29, 1.82) is 0 Å². The molecule has 0 radical (unpaired) electrons.